The number of halogens is 2. The van der Waals surface area contributed by atoms with E-state index < -0.39 is 5.91 Å². The van der Waals surface area contributed by atoms with Gasteiger partial charge in [-0.3, -0.25) is 4.79 Å². The van der Waals surface area contributed by atoms with E-state index in [0.29, 0.717) is 16.0 Å². The van der Waals surface area contributed by atoms with Crippen molar-refractivity contribution >= 4 is 29.9 Å². The number of hydrogen-bond acceptors (Lipinski definition) is 1. The summed E-state index contributed by atoms with van der Waals surface area (Å²) in [7, 11) is 0. The number of carbonyl (C=O) groups excluding carboxylic acids is 1. The fourth-order valence-electron chi connectivity index (χ4n) is 3.91. The van der Waals surface area contributed by atoms with E-state index in [2.05, 4.69) is 38.1 Å². The first-order chi connectivity index (χ1) is 12.4. The van der Waals surface area contributed by atoms with Crippen LogP contribution < -0.4 is 5.73 Å². The smallest absolute Gasteiger partial charge is 0.250 e. The molecule has 0 heterocycles. The Bertz CT molecular complexity index is 773. The van der Waals surface area contributed by atoms with Gasteiger partial charge in [0.2, 0.25) is 5.91 Å². The maximum Gasteiger partial charge on any atom is 0.250 e. The Morgan fingerprint density at radius 1 is 1.11 bits per heavy atom. The Morgan fingerprint density at radius 2 is 1.74 bits per heavy atom. The number of rotatable bonds is 5. The molecule has 2 aromatic carbocycles. The molecule has 0 radical (unpaired) electrons. The quantitative estimate of drug-likeness (QED) is 0.592. The first-order valence-corrected chi connectivity index (χ1v) is 9.91. The summed E-state index contributed by atoms with van der Waals surface area (Å²) < 4.78 is 0. The van der Waals surface area contributed by atoms with Crippen molar-refractivity contribution in [1.29, 1.82) is 0 Å². The van der Waals surface area contributed by atoms with Crippen molar-refractivity contribution in [3.05, 3.63) is 58.6 Å². The third-order valence-electron chi connectivity index (χ3n) is 5.83. The van der Waals surface area contributed by atoms with Gasteiger partial charge in [-0.15, -0.1) is 12.4 Å². The minimum Gasteiger partial charge on any atom is -0.366 e. The molecule has 1 fully saturated rings. The first-order valence-electron chi connectivity index (χ1n) is 9.53. The second-order valence-electron chi connectivity index (χ2n) is 8.37. The molecule has 0 spiro atoms. The number of nitrogens with two attached hydrogens (primary N) is 1. The van der Waals surface area contributed by atoms with Crippen LogP contribution in [0, 0.1) is 11.3 Å². The van der Waals surface area contributed by atoms with Crippen molar-refractivity contribution in [1.82, 2.24) is 0 Å². The lowest BCUT2D eigenvalue weighted by molar-refractivity contribution is 0.100. The molecule has 1 aliphatic carbocycles. The summed E-state index contributed by atoms with van der Waals surface area (Å²) in [4.78, 5) is 11.5. The second kappa shape index (κ2) is 9.12. The van der Waals surface area contributed by atoms with E-state index in [4.69, 9.17) is 17.3 Å². The van der Waals surface area contributed by atoms with Gasteiger partial charge >= 0.3 is 0 Å². The van der Waals surface area contributed by atoms with Crippen LogP contribution in [0.25, 0.3) is 11.1 Å². The van der Waals surface area contributed by atoms with Crippen LogP contribution in [0.5, 0.6) is 0 Å². The highest BCUT2D eigenvalue weighted by Crippen LogP contribution is 2.39. The highest BCUT2D eigenvalue weighted by molar-refractivity contribution is 6.36. The van der Waals surface area contributed by atoms with E-state index in [0.717, 1.165) is 23.5 Å². The lowest BCUT2D eigenvalue weighted by atomic mass is 9.72. The van der Waals surface area contributed by atoms with Crippen molar-refractivity contribution in [2.45, 2.75) is 52.4 Å². The summed E-state index contributed by atoms with van der Waals surface area (Å²) in [5.41, 5.74) is 9.52. The average Bonchev–Trinajstić information content (AvgIpc) is 2.61. The van der Waals surface area contributed by atoms with Gasteiger partial charge in [-0.2, -0.15) is 0 Å². The molecule has 0 saturated heterocycles. The summed E-state index contributed by atoms with van der Waals surface area (Å²) in [5, 5.41) is 0.428. The molecule has 146 valence electrons. The van der Waals surface area contributed by atoms with E-state index in [-0.39, 0.29) is 12.4 Å². The fourth-order valence-corrected chi connectivity index (χ4v) is 4.24. The van der Waals surface area contributed by atoms with Crippen LogP contribution in [0.3, 0.4) is 0 Å². The van der Waals surface area contributed by atoms with Gasteiger partial charge in [0.1, 0.15) is 0 Å². The van der Waals surface area contributed by atoms with Gasteiger partial charge in [-0.1, -0.05) is 61.8 Å². The highest BCUT2D eigenvalue weighted by Gasteiger charge is 2.26. The summed E-state index contributed by atoms with van der Waals surface area (Å²) >= 11 is 6.36. The summed E-state index contributed by atoms with van der Waals surface area (Å²) in [5.74, 6) is 0.369. The molecule has 0 aromatic heterocycles. The zero-order valence-electron chi connectivity index (χ0n) is 16.1. The number of amides is 1. The summed E-state index contributed by atoms with van der Waals surface area (Å²) in [6, 6.07) is 13.9. The average molecular weight is 406 g/mol. The van der Waals surface area contributed by atoms with Crippen LogP contribution in [0.1, 0.15) is 61.9 Å². The predicted molar refractivity (Wildman–Crippen MR) is 117 cm³/mol. The van der Waals surface area contributed by atoms with E-state index in [1.807, 2.05) is 12.1 Å². The molecule has 0 bridgehead atoms. The van der Waals surface area contributed by atoms with Crippen LogP contribution in [0.2, 0.25) is 5.02 Å². The molecule has 0 unspecified atom stereocenters. The van der Waals surface area contributed by atoms with Gasteiger partial charge in [0, 0.05) is 5.56 Å². The minimum atomic E-state index is -0.496. The van der Waals surface area contributed by atoms with Crippen LogP contribution in [0.4, 0.5) is 0 Å². The van der Waals surface area contributed by atoms with E-state index >= 15 is 0 Å². The number of primary amides is 1. The topological polar surface area (TPSA) is 43.1 Å². The second-order valence-corrected chi connectivity index (χ2v) is 8.75. The molecule has 1 amide bonds. The van der Waals surface area contributed by atoms with E-state index in [1.54, 1.807) is 6.07 Å². The molecule has 1 saturated carbocycles. The molecule has 4 heteroatoms. The van der Waals surface area contributed by atoms with Gasteiger partial charge in [-0.25, -0.2) is 0 Å². The molecule has 0 aliphatic heterocycles. The van der Waals surface area contributed by atoms with Crippen molar-refractivity contribution < 1.29 is 4.79 Å². The monoisotopic (exact) mass is 405 g/mol. The molecule has 0 atom stereocenters. The van der Waals surface area contributed by atoms with Crippen LogP contribution in [0.15, 0.2) is 42.5 Å². The SMILES string of the molecule is CC1(C)CCC(CCc2ccc(-c3cccc(C(N)=O)c3Cl)cc2)CC1.Cl. The molecule has 2 nitrogen and oxygen atoms in total. The van der Waals surface area contributed by atoms with Gasteiger partial charge in [0.25, 0.3) is 0 Å². The van der Waals surface area contributed by atoms with Gasteiger partial charge in [0.05, 0.1) is 10.6 Å². The molecule has 2 aromatic rings. The van der Waals surface area contributed by atoms with Crippen molar-refractivity contribution in [2.75, 3.05) is 0 Å². The zero-order chi connectivity index (χ0) is 18.7. The maximum atomic E-state index is 11.5. The third-order valence-corrected chi connectivity index (χ3v) is 6.24. The largest absolute Gasteiger partial charge is 0.366 e. The minimum absolute atomic E-state index is 0. The van der Waals surface area contributed by atoms with Crippen LogP contribution in [-0.2, 0) is 6.42 Å². The van der Waals surface area contributed by atoms with Crippen molar-refractivity contribution in [3.8, 4) is 11.1 Å². The van der Waals surface area contributed by atoms with Crippen LogP contribution >= 0.6 is 24.0 Å². The van der Waals surface area contributed by atoms with Gasteiger partial charge in [-0.05, 0) is 67.1 Å². The normalized spacial score (nSPS) is 16.6. The number of aryl methyl sites for hydroxylation is 1. The Morgan fingerprint density at radius 3 is 2.33 bits per heavy atom. The van der Waals surface area contributed by atoms with Gasteiger partial charge < -0.3 is 5.73 Å². The van der Waals surface area contributed by atoms with E-state index in [1.165, 1.54) is 37.7 Å². The molecular formula is C23H29Cl2NO. The molecule has 1 aliphatic rings. The number of benzene rings is 2. The lowest BCUT2D eigenvalue weighted by Gasteiger charge is -2.34. The van der Waals surface area contributed by atoms with Crippen molar-refractivity contribution in [2.24, 2.45) is 17.1 Å². The Hall–Kier alpha value is -1.51. The molecular weight excluding hydrogens is 377 g/mol. The summed E-state index contributed by atoms with van der Waals surface area (Å²) in [6.45, 7) is 4.78. The zero-order valence-corrected chi connectivity index (χ0v) is 17.7. The third kappa shape index (κ3) is 5.49. The molecule has 27 heavy (non-hydrogen) atoms. The Balaban J connectivity index is 0.00000261. The van der Waals surface area contributed by atoms with Crippen molar-refractivity contribution in [3.63, 3.8) is 0 Å². The first kappa shape index (κ1) is 21.8. The number of carbonyl (C=O) groups is 1. The number of hydrogen-bond donors (Lipinski definition) is 1. The van der Waals surface area contributed by atoms with Gasteiger partial charge in [0.15, 0.2) is 0 Å². The van der Waals surface area contributed by atoms with Crippen LogP contribution in [-0.4, -0.2) is 5.91 Å². The Kier molecular flexibility index (Phi) is 7.36. The standard InChI is InChI=1S/C23H28ClNO.ClH/c1-23(2)14-12-17(13-15-23)7-6-16-8-10-18(11-9-16)19-4-3-5-20(21(19)24)22(25)26;/h3-5,8-11,17H,6-7,12-15H2,1-2H3,(H2,25,26);1H. The van der Waals surface area contributed by atoms with E-state index in [9.17, 15) is 4.79 Å². The Labute approximate surface area is 173 Å². The maximum absolute atomic E-state index is 11.5. The lowest BCUT2D eigenvalue weighted by Crippen LogP contribution is -2.21. The predicted octanol–water partition coefficient (Wildman–Crippen LogP) is 6.68. The fraction of sp³-hybridized carbons (Fsp3) is 0.435. The highest BCUT2D eigenvalue weighted by atomic mass is 35.5. The molecule has 3 rings (SSSR count). The molecule has 2 N–H and O–H groups in total. The summed E-state index contributed by atoms with van der Waals surface area (Å²) in [6.07, 6.45) is 7.82.